The Morgan fingerprint density at radius 1 is 1.35 bits per heavy atom. The molecule has 1 saturated heterocycles. The average molecular weight is 303 g/mol. The lowest BCUT2D eigenvalue weighted by Gasteiger charge is -2.35. The summed E-state index contributed by atoms with van der Waals surface area (Å²) in [6.07, 6.45) is 2.28. The van der Waals surface area contributed by atoms with Gasteiger partial charge in [-0.2, -0.15) is 0 Å². The Balaban J connectivity index is 0.00000200. The summed E-state index contributed by atoms with van der Waals surface area (Å²) in [7, 11) is 0. The Labute approximate surface area is 125 Å². The SMILES string of the molecule is C=CC[C@@H](c1c(F)ccc(C)c1F)N1CCNCC1.Cl. The highest BCUT2D eigenvalue weighted by Crippen LogP contribution is 2.30. The number of piperazine rings is 1. The summed E-state index contributed by atoms with van der Waals surface area (Å²) in [5, 5.41) is 3.25. The molecule has 0 amide bonds. The molecule has 1 aliphatic heterocycles. The van der Waals surface area contributed by atoms with Gasteiger partial charge in [0.05, 0.1) is 0 Å². The first-order chi connectivity index (χ1) is 9.15. The largest absolute Gasteiger partial charge is 0.314 e. The van der Waals surface area contributed by atoms with Crippen LogP contribution in [0, 0.1) is 18.6 Å². The fourth-order valence-electron chi connectivity index (χ4n) is 2.58. The van der Waals surface area contributed by atoms with Crippen LogP contribution >= 0.6 is 12.4 Å². The summed E-state index contributed by atoms with van der Waals surface area (Å²) in [5.74, 6) is -0.890. The lowest BCUT2D eigenvalue weighted by molar-refractivity contribution is 0.167. The maximum Gasteiger partial charge on any atom is 0.133 e. The molecule has 1 aromatic carbocycles. The minimum absolute atomic E-state index is 0. The Morgan fingerprint density at radius 2 is 2.00 bits per heavy atom. The first-order valence-electron chi connectivity index (χ1n) is 6.65. The summed E-state index contributed by atoms with van der Waals surface area (Å²) >= 11 is 0. The van der Waals surface area contributed by atoms with E-state index in [2.05, 4.69) is 16.8 Å². The number of rotatable bonds is 4. The number of benzene rings is 1. The fourth-order valence-corrected chi connectivity index (χ4v) is 2.58. The molecule has 0 saturated carbocycles. The molecule has 0 bridgehead atoms. The lowest BCUT2D eigenvalue weighted by atomic mass is 9.98. The normalized spacial score (nSPS) is 17.4. The zero-order valence-corrected chi connectivity index (χ0v) is 12.5. The van der Waals surface area contributed by atoms with Crippen molar-refractivity contribution < 1.29 is 8.78 Å². The molecule has 1 atom stereocenters. The van der Waals surface area contributed by atoms with E-state index in [4.69, 9.17) is 0 Å². The molecule has 1 fully saturated rings. The summed E-state index contributed by atoms with van der Waals surface area (Å²) in [5.41, 5.74) is 0.669. The van der Waals surface area contributed by atoms with Crippen LogP contribution in [0.25, 0.3) is 0 Å². The van der Waals surface area contributed by atoms with E-state index >= 15 is 0 Å². The maximum atomic E-state index is 14.3. The van der Waals surface area contributed by atoms with Crippen LogP contribution < -0.4 is 5.32 Å². The second kappa shape index (κ2) is 7.72. The van der Waals surface area contributed by atoms with E-state index in [0.29, 0.717) is 12.0 Å². The molecule has 0 spiro atoms. The molecule has 0 radical (unpaired) electrons. The van der Waals surface area contributed by atoms with Crippen molar-refractivity contribution >= 4 is 12.4 Å². The summed E-state index contributed by atoms with van der Waals surface area (Å²) in [6, 6.07) is 2.57. The van der Waals surface area contributed by atoms with Crippen LogP contribution in [0.5, 0.6) is 0 Å². The van der Waals surface area contributed by atoms with E-state index in [-0.39, 0.29) is 24.0 Å². The molecule has 1 heterocycles. The van der Waals surface area contributed by atoms with Gasteiger partial charge in [-0.05, 0) is 25.0 Å². The number of nitrogens with zero attached hydrogens (tertiary/aromatic N) is 1. The van der Waals surface area contributed by atoms with Crippen molar-refractivity contribution in [2.24, 2.45) is 0 Å². The summed E-state index contributed by atoms with van der Waals surface area (Å²) in [4.78, 5) is 2.12. The monoisotopic (exact) mass is 302 g/mol. The van der Waals surface area contributed by atoms with E-state index in [9.17, 15) is 8.78 Å². The van der Waals surface area contributed by atoms with E-state index in [0.717, 1.165) is 26.2 Å². The molecule has 20 heavy (non-hydrogen) atoms. The van der Waals surface area contributed by atoms with Crippen molar-refractivity contribution in [3.63, 3.8) is 0 Å². The van der Waals surface area contributed by atoms with Gasteiger partial charge in [0, 0.05) is 37.8 Å². The van der Waals surface area contributed by atoms with E-state index in [1.54, 1.807) is 13.0 Å². The van der Waals surface area contributed by atoms with Crippen molar-refractivity contribution in [3.05, 3.63) is 47.5 Å². The van der Waals surface area contributed by atoms with Gasteiger partial charge in [0.1, 0.15) is 11.6 Å². The number of halogens is 3. The summed E-state index contributed by atoms with van der Waals surface area (Å²) in [6.45, 7) is 8.68. The van der Waals surface area contributed by atoms with Crippen LogP contribution in [0.4, 0.5) is 8.78 Å². The Hall–Kier alpha value is -0.970. The average Bonchev–Trinajstić information content (AvgIpc) is 2.43. The van der Waals surface area contributed by atoms with E-state index < -0.39 is 11.6 Å². The van der Waals surface area contributed by atoms with Gasteiger partial charge < -0.3 is 5.32 Å². The molecule has 0 unspecified atom stereocenters. The van der Waals surface area contributed by atoms with Gasteiger partial charge in [0.2, 0.25) is 0 Å². The number of nitrogens with one attached hydrogen (secondary N) is 1. The van der Waals surface area contributed by atoms with Gasteiger partial charge in [-0.1, -0.05) is 12.1 Å². The van der Waals surface area contributed by atoms with Gasteiger partial charge in [-0.3, -0.25) is 4.90 Å². The van der Waals surface area contributed by atoms with Crippen molar-refractivity contribution in [2.75, 3.05) is 26.2 Å². The number of hydrogen-bond donors (Lipinski definition) is 1. The molecule has 2 rings (SSSR count). The Kier molecular flexibility index (Phi) is 6.59. The highest BCUT2D eigenvalue weighted by atomic mass is 35.5. The predicted octanol–water partition coefficient (Wildman–Crippen LogP) is 3.22. The van der Waals surface area contributed by atoms with Crippen LogP contribution in [0.3, 0.4) is 0 Å². The van der Waals surface area contributed by atoms with Crippen LogP contribution in [-0.4, -0.2) is 31.1 Å². The molecular formula is C15H21ClF2N2. The van der Waals surface area contributed by atoms with Crippen molar-refractivity contribution in [1.82, 2.24) is 10.2 Å². The lowest BCUT2D eigenvalue weighted by Crippen LogP contribution is -2.45. The minimum Gasteiger partial charge on any atom is -0.314 e. The Morgan fingerprint density at radius 3 is 2.60 bits per heavy atom. The smallest absolute Gasteiger partial charge is 0.133 e. The second-order valence-corrected chi connectivity index (χ2v) is 4.92. The van der Waals surface area contributed by atoms with Crippen molar-refractivity contribution in [2.45, 2.75) is 19.4 Å². The minimum atomic E-state index is -0.464. The third kappa shape index (κ3) is 3.57. The zero-order valence-electron chi connectivity index (χ0n) is 11.7. The highest BCUT2D eigenvalue weighted by Gasteiger charge is 2.27. The third-order valence-electron chi connectivity index (χ3n) is 3.64. The van der Waals surface area contributed by atoms with Crippen LogP contribution in [0.2, 0.25) is 0 Å². The van der Waals surface area contributed by atoms with Gasteiger partial charge >= 0.3 is 0 Å². The van der Waals surface area contributed by atoms with Crippen LogP contribution in [-0.2, 0) is 0 Å². The van der Waals surface area contributed by atoms with Crippen molar-refractivity contribution in [3.8, 4) is 0 Å². The summed E-state index contributed by atoms with van der Waals surface area (Å²) < 4.78 is 28.3. The molecule has 1 aliphatic rings. The van der Waals surface area contributed by atoms with Gasteiger partial charge in [0.15, 0.2) is 0 Å². The first-order valence-corrected chi connectivity index (χ1v) is 6.65. The van der Waals surface area contributed by atoms with E-state index in [1.807, 2.05) is 0 Å². The molecule has 112 valence electrons. The fraction of sp³-hybridized carbons (Fsp3) is 0.467. The Bertz CT molecular complexity index is 459. The van der Waals surface area contributed by atoms with Gasteiger partial charge in [-0.15, -0.1) is 19.0 Å². The molecule has 0 aliphatic carbocycles. The molecule has 2 nitrogen and oxygen atoms in total. The first kappa shape index (κ1) is 17.1. The van der Waals surface area contributed by atoms with Gasteiger partial charge in [0.25, 0.3) is 0 Å². The quantitative estimate of drug-likeness (QED) is 0.859. The van der Waals surface area contributed by atoms with Gasteiger partial charge in [-0.25, -0.2) is 8.78 Å². The number of aryl methyl sites for hydroxylation is 1. The predicted molar refractivity (Wildman–Crippen MR) is 80.3 cm³/mol. The van der Waals surface area contributed by atoms with E-state index in [1.165, 1.54) is 12.1 Å². The highest BCUT2D eigenvalue weighted by molar-refractivity contribution is 5.85. The zero-order chi connectivity index (χ0) is 13.8. The van der Waals surface area contributed by atoms with Crippen LogP contribution in [0.1, 0.15) is 23.6 Å². The molecule has 5 heteroatoms. The molecule has 1 N–H and O–H groups in total. The number of hydrogen-bond acceptors (Lipinski definition) is 2. The van der Waals surface area contributed by atoms with Crippen LogP contribution in [0.15, 0.2) is 24.8 Å². The topological polar surface area (TPSA) is 15.3 Å². The second-order valence-electron chi connectivity index (χ2n) is 4.92. The molecular weight excluding hydrogens is 282 g/mol. The standard InChI is InChI=1S/C15H20F2N2.ClH/c1-3-4-13(19-9-7-18-8-10-19)14-12(16)6-5-11(2)15(14)17;/h3,5-6,13,18H,1,4,7-10H2,2H3;1H/t13-;/m0./s1. The third-order valence-corrected chi connectivity index (χ3v) is 3.64. The maximum absolute atomic E-state index is 14.3. The van der Waals surface area contributed by atoms with Crippen molar-refractivity contribution in [1.29, 1.82) is 0 Å². The molecule has 0 aromatic heterocycles. The molecule has 1 aromatic rings.